The molecule has 41 heavy (non-hydrogen) atoms. The van der Waals surface area contributed by atoms with Gasteiger partial charge in [-0.15, -0.1) is 6.58 Å². The van der Waals surface area contributed by atoms with Crippen LogP contribution in [0.1, 0.15) is 33.6 Å². The van der Waals surface area contributed by atoms with E-state index in [1.807, 2.05) is 0 Å². The Morgan fingerprint density at radius 1 is 0.585 bits per heavy atom. The van der Waals surface area contributed by atoms with Gasteiger partial charge in [0, 0.05) is 18.9 Å². The van der Waals surface area contributed by atoms with Crippen LogP contribution in [0.4, 0.5) is 0 Å². The van der Waals surface area contributed by atoms with Crippen molar-refractivity contribution >= 4 is 17.9 Å². The zero-order valence-electron chi connectivity index (χ0n) is 22.6. The first kappa shape index (κ1) is 30.6. The summed E-state index contributed by atoms with van der Waals surface area (Å²) in [6.45, 7) is 9.08. The average Bonchev–Trinajstić information content (AvgIpc) is 3.00. The minimum atomic E-state index is -0.552. The number of esters is 3. The van der Waals surface area contributed by atoms with Crippen molar-refractivity contribution in [1.29, 1.82) is 0 Å². The third kappa shape index (κ3) is 11.0. The summed E-state index contributed by atoms with van der Waals surface area (Å²) in [4.78, 5) is 36.0. The van der Waals surface area contributed by atoms with E-state index >= 15 is 0 Å². The molecule has 0 atom stereocenters. The van der Waals surface area contributed by atoms with Gasteiger partial charge in [-0.3, -0.25) is 0 Å². The van der Waals surface area contributed by atoms with Crippen LogP contribution in [0.5, 0.6) is 23.0 Å². The maximum Gasteiger partial charge on any atom is 0.343 e. The molecule has 0 aliphatic carbocycles. The molecule has 0 saturated carbocycles. The van der Waals surface area contributed by atoms with Crippen molar-refractivity contribution in [2.45, 2.75) is 12.8 Å². The first-order valence-electron chi connectivity index (χ1n) is 13.0. The maximum absolute atomic E-state index is 12.5. The fraction of sp³-hybridized carbons (Fsp3) is 0.219. The summed E-state index contributed by atoms with van der Waals surface area (Å²) in [6.07, 6.45) is 4.05. The van der Waals surface area contributed by atoms with Gasteiger partial charge >= 0.3 is 17.9 Å². The monoisotopic (exact) mass is 560 g/mol. The minimum absolute atomic E-state index is 0.226. The molecule has 9 heteroatoms. The highest BCUT2D eigenvalue weighted by molar-refractivity contribution is 5.92. The predicted octanol–water partition coefficient (Wildman–Crippen LogP) is 5.59. The zero-order chi connectivity index (χ0) is 29.3. The van der Waals surface area contributed by atoms with Crippen LogP contribution in [0.15, 0.2) is 98.1 Å². The van der Waals surface area contributed by atoms with E-state index in [4.69, 9.17) is 28.4 Å². The average molecular weight is 561 g/mol. The van der Waals surface area contributed by atoms with E-state index < -0.39 is 17.9 Å². The molecule has 0 aliphatic rings. The van der Waals surface area contributed by atoms with Gasteiger partial charge in [-0.05, 0) is 72.8 Å². The smallest absolute Gasteiger partial charge is 0.343 e. The van der Waals surface area contributed by atoms with Gasteiger partial charge in [0.2, 0.25) is 0 Å². The van der Waals surface area contributed by atoms with Crippen molar-refractivity contribution < 1.29 is 42.8 Å². The summed E-state index contributed by atoms with van der Waals surface area (Å²) in [5.74, 6) is 0.241. The Morgan fingerprint density at radius 3 is 1.46 bits per heavy atom. The van der Waals surface area contributed by atoms with Crippen LogP contribution in [0.25, 0.3) is 0 Å². The molecule has 3 aromatic rings. The molecule has 0 radical (unpaired) electrons. The lowest BCUT2D eigenvalue weighted by Gasteiger charge is -2.09. The summed E-state index contributed by atoms with van der Waals surface area (Å²) in [5.41, 5.74) is 0.701. The normalized spacial score (nSPS) is 10.2. The van der Waals surface area contributed by atoms with Gasteiger partial charge in [0.05, 0.1) is 44.2 Å². The van der Waals surface area contributed by atoms with Crippen molar-refractivity contribution in [2.24, 2.45) is 0 Å². The highest BCUT2D eigenvalue weighted by atomic mass is 16.5. The lowest BCUT2D eigenvalue weighted by atomic mass is 10.2. The summed E-state index contributed by atoms with van der Waals surface area (Å²) in [7, 11) is 0. The number of carbonyl (C=O) groups excluding carboxylic acids is 3. The van der Waals surface area contributed by atoms with E-state index in [0.29, 0.717) is 67.0 Å². The Hall–Kier alpha value is -4.89. The standard InChI is InChI=1S/C32H32O9/c1-3-19-36-20-5-21-37-26-11-7-24(8-12-26)31(34)40-28-15-17-29(18-16-28)41-32(35)25-9-13-27(14-10-25)38-22-6-23-39-30(33)4-2/h3-4,7-18H,1-2,5-6,19-23H2. The molecule has 0 aliphatic heterocycles. The third-order valence-electron chi connectivity index (χ3n) is 5.33. The van der Waals surface area contributed by atoms with E-state index in [9.17, 15) is 14.4 Å². The molecule has 0 unspecified atom stereocenters. The number of rotatable bonds is 17. The van der Waals surface area contributed by atoms with Gasteiger partial charge in [-0.2, -0.15) is 0 Å². The molecule has 214 valence electrons. The topological polar surface area (TPSA) is 107 Å². The lowest BCUT2D eigenvalue weighted by molar-refractivity contribution is -0.137. The molecule has 0 N–H and O–H groups in total. The van der Waals surface area contributed by atoms with Crippen molar-refractivity contribution in [1.82, 2.24) is 0 Å². The Morgan fingerprint density at radius 2 is 1.02 bits per heavy atom. The molecule has 0 bridgehead atoms. The van der Waals surface area contributed by atoms with Crippen molar-refractivity contribution in [2.75, 3.05) is 33.0 Å². The second-order valence-corrected chi connectivity index (χ2v) is 8.44. The van der Waals surface area contributed by atoms with Crippen LogP contribution in [0.2, 0.25) is 0 Å². The van der Waals surface area contributed by atoms with Crippen LogP contribution in [0.3, 0.4) is 0 Å². The van der Waals surface area contributed by atoms with E-state index in [0.717, 1.165) is 12.5 Å². The molecule has 0 heterocycles. The molecular formula is C32H32O9. The summed E-state index contributed by atoms with van der Waals surface area (Å²) < 4.78 is 32.2. The van der Waals surface area contributed by atoms with E-state index in [-0.39, 0.29) is 6.61 Å². The molecule has 0 fully saturated rings. The zero-order valence-corrected chi connectivity index (χ0v) is 22.6. The van der Waals surface area contributed by atoms with Gasteiger partial charge in [-0.25, -0.2) is 14.4 Å². The molecule has 0 spiro atoms. The van der Waals surface area contributed by atoms with Crippen molar-refractivity contribution in [3.63, 3.8) is 0 Å². The molecule has 0 amide bonds. The van der Waals surface area contributed by atoms with Crippen LogP contribution in [0, 0.1) is 0 Å². The fourth-order valence-corrected chi connectivity index (χ4v) is 3.28. The fourth-order valence-electron chi connectivity index (χ4n) is 3.28. The molecule has 0 saturated heterocycles. The van der Waals surface area contributed by atoms with E-state index in [1.54, 1.807) is 54.6 Å². The summed E-state index contributed by atoms with van der Waals surface area (Å²) in [5, 5.41) is 0. The minimum Gasteiger partial charge on any atom is -0.494 e. The van der Waals surface area contributed by atoms with E-state index in [2.05, 4.69) is 13.2 Å². The number of benzene rings is 3. The molecule has 9 nitrogen and oxygen atoms in total. The van der Waals surface area contributed by atoms with Crippen LogP contribution in [-0.2, 0) is 14.3 Å². The third-order valence-corrected chi connectivity index (χ3v) is 5.33. The second kappa shape index (κ2) is 16.9. The Labute approximate surface area is 238 Å². The van der Waals surface area contributed by atoms with Gasteiger partial charge in [0.1, 0.15) is 23.0 Å². The summed E-state index contributed by atoms with van der Waals surface area (Å²) in [6, 6.07) is 19.3. The number of carbonyl (C=O) groups is 3. The Kier molecular flexibility index (Phi) is 12.7. The number of ether oxygens (including phenoxy) is 6. The molecule has 3 aromatic carbocycles. The van der Waals surface area contributed by atoms with Crippen LogP contribution in [-0.4, -0.2) is 50.9 Å². The Balaban J connectivity index is 1.40. The van der Waals surface area contributed by atoms with Gasteiger partial charge in [0.15, 0.2) is 0 Å². The van der Waals surface area contributed by atoms with Gasteiger partial charge in [0.25, 0.3) is 0 Å². The number of hydrogen-bond donors (Lipinski definition) is 0. The SMILES string of the molecule is C=CCOCCCOc1ccc(C(=O)Oc2ccc(OC(=O)c3ccc(OCCCOC(=O)C=C)cc3)cc2)cc1. The highest BCUT2D eigenvalue weighted by Crippen LogP contribution is 2.21. The molecular weight excluding hydrogens is 528 g/mol. The highest BCUT2D eigenvalue weighted by Gasteiger charge is 2.12. The first-order valence-corrected chi connectivity index (χ1v) is 13.0. The first-order chi connectivity index (χ1) is 20.0. The summed E-state index contributed by atoms with van der Waals surface area (Å²) >= 11 is 0. The van der Waals surface area contributed by atoms with Gasteiger partial charge < -0.3 is 28.4 Å². The molecule has 3 rings (SSSR count). The second-order valence-electron chi connectivity index (χ2n) is 8.44. The lowest BCUT2D eigenvalue weighted by Crippen LogP contribution is -2.10. The Bertz CT molecular complexity index is 1280. The van der Waals surface area contributed by atoms with Crippen LogP contribution < -0.4 is 18.9 Å². The van der Waals surface area contributed by atoms with Gasteiger partial charge in [-0.1, -0.05) is 12.7 Å². The predicted molar refractivity (Wildman–Crippen MR) is 152 cm³/mol. The van der Waals surface area contributed by atoms with Crippen molar-refractivity contribution in [3.8, 4) is 23.0 Å². The molecule has 0 aromatic heterocycles. The van der Waals surface area contributed by atoms with Crippen molar-refractivity contribution in [3.05, 3.63) is 109 Å². The van der Waals surface area contributed by atoms with Crippen LogP contribution >= 0.6 is 0 Å². The quantitative estimate of drug-likeness (QED) is 0.0686. The van der Waals surface area contributed by atoms with E-state index in [1.165, 1.54) is 24.3 Å². The number of hydrogen-bond acceptors (Lipinski definition) is 9. The maximum atomic E-state index is 12.5. The largest absolute Gasteiger partial charge is 0.494 e.